The van der Waals surface area contributed by atoms with Crippen LogP contribution in [-0.4, -0.2) is 85.4 Å². The van der Waals surface area contributed by atoms with Crippen LogP contribution >= 0.6 is 11.8 Å². The van der Waals surface area contributed by atoms with Crippen molar-refractivity contribution < 1.29 is 19.3 Å². The lowest BCUT2D eigenvalue weighted by Gasteiger charge is -2.41. The second kappa shape index (κ2) is 11.0. The molecular formula is C18H35NO4S. The van der Waals surface area contributed by atoms with Crippen LogP contribution < -0.4 is 0 Å². The fourth-order valence-corrected chi connectivity index (χ4v) is 4.62. The zero-order valence-corrected chi connectivity index (χ0v) is 16.2. The molecule has 1 saturated heterocycles. The Balaban J connectivity index is 2.01. The summed E-state index contributed by atoms with van der Waals surface area (Å²) in [7, 11) is 0. The van der Waals surface area contributed by atoms with E-state index in [0.717, 1.165) is 44.5 Å². The monoisotopic (exact) mass is 361 g/mol. The quantitative estimate of drug-likeness (QED) is 0.810. The number of thioether (sulfide) groups is 1. The van der Waals surface area contributed by atoms with E-state index in [1.54, 1.807) is 0 Å². The molecule has 0 amide bonds. The molecule has 2 rings (SSSR count). The van der Waals surface area contributed by atoms with Crippen LogP contribution in [0.25, 0.3) is 0 Å². The lowest BCUT2D eigenvalue weighted by molar-refractivity contribution is -0.0583. The molecule has 0 radical (unpaired) electrons. The normalized spacial score (nSPS) is 26.0. The second-order valence-electron chi connectivity index (χ2n) is 7.08. The number of aliphatic hydroxyl groups is 1. The minimum Gasteiger partial charge on any atom is -0.388 e. The summed E-state index contributed by atoms with van der Waals surface area (Å²) in [6, 6.07) is 0.179. The first-order valence-electron chi connectivity index (χ1n) is 9.43. The largest absolute Gasteiger partial charge is 0.388 e. The maximum Gasteiger partial charge on any atom is 0.0810 e. The van der Waals surface area contributed by atoms with E-state index in [4.69, 9.17) is 14.2 Å². The molecule has 1 atom stereocenters. The van der Waals surface area contributed by atoms with Crippen LogP contribution in [0.4, 0.5) is 0 Å². The van der Waals surface area contributed by atoms with E-state index in [1.807, 2.05) is 11.8 Å². The van der Waals surface area contributed by atoms with Crippen molar-refractivity contribution in [3.05, 3.63) is 0 Å². The summed E-state index contributed by atoms with van der Waals surface area (Å²) in [6.45, 7) is 10.0. The SMILES string of the molecule is CC(C)SC[C@H](N1CCOCCOCCOCC1)C1(O)CCCC1. The van der Waals surface area contributed by atoms with Crippen LogP contribution in [0.3, 0.4) is 0 Å². The van der Waals surface area contributed by atoms with Gasteiger partial charge >= 0.3 is 0 Å². The van der Waals surface area contributed by atoms with Crippen LogP contribution in [0.1, 0.15) is 39.5 Å². The third-order valence-electron chi connectivity index (χ3n) is 4.91. The van der Waals surface area contributed by atoms with Crippen LogP contribution in [0.15, 0.2) is 0 Å². The van der Waals surface area contributed by atoms with Crippen molar-refractivity contribution in [1.82, 2.24) is 4.90 Å². The van der Waals surface area contributed by atoms with E-state index in [-0.39, 0.29) is 6.04 Å². The van der Waals surface area contributed by atoms with Crippen molar-refractivity contribution in [1.29, 1.82) is 0 Å². The molecule has 1 N–H and O–H groups in total. The highest BCUT2D eigenvalue weighted by atomic mass is 32.2. The molecule has 0 unspecified atom stereocenters. The summed E-state index contributed by atoms with van der Waals surface area (Å²) in [6.07, 6.45) is 4.11. The number of hydrogen-bond donors (Lipinski definition) is 1. The average Bonchev–Trinajstić information content (AvgIpc) is 2.96. The Bertz CT molecular complexity index is 325. The highest BCUT2D eigenvalue weighted by molar-refractivity contribution is 7.99. The van der Waals surface area contributed by atoms with Gasteiger partial charge in [0.2, 0.25) is 0 Å². The molecule has 0 aromatic heterocycles. The van der Waals surface area contributed by atoms with Gasteiger partial charge in [-0.25, -0.2) is 0 Å². The topological polar surface area (TPSA) is 51.2 Å². The van der Waals surface area contributed by atoms with E-state index in [0.29, 0.717) is 44.9 Å². The molecule has 1 heterocycles. The average molecular weight is 362 g/mol. The first-order chi connectivity index (χ1) is 11.6. The molecule has 0 spiro atoms. The van der Waals surface area contributed by atoms with Gasteiger partial charge in [0.1, 0.15) is 0 Å². The van der Waals surface area contributed by atoms with E-state index in [2.05, 4.69) is 18.7 Å². The van der Waals surface area contributed by atoms with Crippen molar-refractivity contribution in [2.45, 2.75) is 56.4 Å². The van der Waals surface area contributed by atoms with E-state index in [9.17, 15) is 5.11 Å². The van der Waals surface area contributed by atoms with Crippen molar-refractivity contribution in [3.8, 4) is 0 Å². The highest BCUT2D eigenvalue weighted by Crippen LogP contribution is 2.36. The summed E-state index contributed by atoms with van der Waals surface area (Å²) in [5.41, 5.74) is -0.554. The Morgan fingerprint density at radius 1 is 0.917 bits per heavy atom. The smallest absolute Gasteiger partial charge is 0.0810 e. The molecule has 2 fully saturated rings. The number of rotatable bonds is 5. The fourth-order valence-electron chi connectivity index (χ4n) is 3.53. The molecule has 1 aliphatic heterocycles. The number of ether oxygens (including phenoxy) is 3. The molecule has 0 bridgehead atoms. The highest BCUT2D eigenvalue weighted by Gasteiger charge is 2.42. The molecule has 6 heteroatoms. The molecule has 1 saturated carbocycles. The number of hydrogen-bond acceptors (Lipinski definition) is 6. The van der Waals surface area contributed by atoms with Gasteiger partial charge in [0, 0.05) is 24.9 Å². The number of nitrogens with zero attached hydrogens (tertiary/aromatic N) is 1. The summed E-state index contributed by atoms with van der Waals surface area (Å²) in [5.74, 6) is 0.970. The maximum absolute atomic E-state index is 11.2. The van der Waals surface area contributed by atoms with E-state index >= 15 is 0 Å². The molecule has 0 aromatic carbocycles. The minimum absolute atomic E-state index is 0.179. The van der Waals surface area contributed by atoms with Crippen molar-refractivity contribution in [2.75, 3.05) is 58.5 Å². The van der Waals surface area contributed by atoms with Crippen LogP contribution in [0.2, 0.25) is 0 Å². The predicted octanol–water partition coefficient (Wildman–Crippen LogP) is 2.17. The van der Waals surface area contributed by atoms with Crippen LogP contribution in [0.5, 0.6) is 0 Å². The van der Waals surface area contributed by atoms with Crippen molar-refractivity contribution in [3.63, 3.8) is 0 Å². The molecule has 5 nitrogen and oxygen atoms in total. The van der Waals surface area contributed by atoms with Gasteiger partial charge in [0.25, 0.3) is 0 Å². The summed E-state index contributed by atoms with van der Waals surface area (Å²) < 4.78 is 16.9. The zero-order valence-electron chi connectivity index (χ0n) is 15.4. The van der Waals surface area contributed by atoms with Crippen LogP contribution in [0, 0.1) is 0 Å². The summed E-state index contributed by atoms with van der Waals surface area (Å²) >= 11 is 1.94. The Labute approximate surface area is 151 Å². The van der Waals surface area contributed by atoms with Gasteiger partial charge in [-0.05, 0) is 18.1 Å². The molecule has 142 valence electrons. The first kappa shape index (κ1) is 20.5. The summed E-state index contributed by atoms with van der Waals surface area (Å²) in [5, 5.41) is 11.8. The van der Waals surface area contributed by atoms with Gasteiger partial charge in [-0.1, -0.05) is 26.7 Å². The van der Waals surface area contributed by atoms with Gasteiger partial charge in [-0.2, -0.15) is 11.8 Å². The van der Waals surface area contributed by atoms with Gasteiger partial charge in [-0.3, -0.25) is 4.90 Å². The Kier molecular flexibility index (Phi) is 9.37. The minimum atomic E-state index is -0.554. The maximum atomic E-state index is 11.2. The van der Waals surface area contributed by atoms with Gasteiger partial charge in [-0.15, -0.1) is 0 Å². The van der Waals surface area contributed by atoms with E-state index in [1.165, 1.54) is 0 Å². The molecule has 1 aliphatic carbocycles. The zero-order chi connectivity index (χ0) is 17.3. The van der Waals surface area contributed by atoms with Gasteiger partial charge in [0.05, 0.1) is 45.2 Å². The van der Waals surface area contributed by atoms with Crippen molar-refractivity contribution in [2.24, 2.45) is 0 Å². The van der Waals surface area contributed by atoms with Gasteiger partial charge in [0.15, 0.2) is 0 Å². The predicted molar refractivity (Wildman–Crippen MR) is 98.8 cm³/mol. The molecule has 2 aliphatic rings. The Hall–Kier alpha value is 0.150. The Morgan fingerprint density at radius 2 is 1.42 bits per heavy atom. The van der Waals surface area contributed by atoms with E-state index < -0.39 is 5.60 Å². The fraction of sp³-hybridized carbons (Fsp3) is 1.00. The third kappa shape index (κ3) is 6.81. The molecular weight excluding hydrogens is 326 g/mol. The lowest BCUT2D eigenvalue weighted by atomic mass is 9.92. The first-order valence-corrected chi connectivity index (χ1v) is 10.5. The molecule has 0 aromatic rings. The lowest BCUT2D eigenvalue weighted by Crippen LogP contribution is -2.55. The third-order valence-corrected chi connectivity index (χ3v) is 6.08. The standard InChI is InChI=1S/C18H35NO4S/c1-16(2)24-15-17(18(20)5-3-4-6-18)19-7-9-21-11-13-23-14-12-22-10-8-19/h16-17,20H,3-15H2,1-2H3/t17-/m0/s1. The van der Waals surface area contributed by atoms with Crippen LogP contribution in [-0.2, 0) is 14.2 Å². The Morgan fingerprint density at radius 3 is 1.92 bits per heavy atom. The molecule has 24 heavy (non-hydrogen) atoms. The second-order valence-corrected chi connectivity index (χ2v) is 8.69. The van der Waals surface area contributed by atoms with Gasteiger partial charge < -0.3 is 19.3 Å². The summed E-state index contributed by atoms with van der Waals surface area (Å²) in [4.78, 5) is 2.41. The van der Waals surface area contributed by atoms with Crippen molar-refractivity contribution >= 4 is 11.8 Å².